The average Bonchev–Trinajstić information content (AvgIpc) is 3.44. The summed E-state index contributed by atoms with van der Waals surface area (Å²) in [5.41, 5.74) is 27.0. The Morgan fingerprint density at radius 3 is 1.64 bits per heavy atom. The number of benzene rings is 2. The average molecular weight is 518 g/mol. The lowest BCUT2D eigenvalue weighted by atomic mass is 10.2. The third kappa shape index (κ3) is 5.75. The molecule has 7 N–H and O–H groups in total. The van der Waals surface area contributed by atoms with E-state index in [0.717, 1.165) is 53.7 Å². The van der Waals surface area contributed by atoms with Crippen molar-refractivity contribution in [3.05, 3.63) is 69.7 Å². The Morgan fingerprint density at radius 2 is 1.17 bits per heavy atom. The summed E-state index contributed by atoms with van der Waals surface area (Å²) in [4.78, 5) is 11.2. The highest BCUT2D eigenvalue weighted by molar-refractivity contribution is 7.17. The van der Waals surface area contributed by atoms with Crippen molar-refractivity contribution in [1.29, 1.82) is 0 Å². The van der Waals surface area contributed by atoms with E-state index in [1.807, 2.05) is 76.2 Å². The van der Waals surface area contributed by atoms with Crippen LogP contribution in [0.25, 0.3) is 21.1 Å². The first-order valence-corrected chi connectivity index (χ1v) is 12.7. The number of rotatable bonds is 6. The summed E-state index contributed by atoms with van der Waals surface area (Å²) in [5.74, 6) is 0.0792. The molecule has 0 fully saturated rings. The van der Waals surface area contributed by atoms with Gasteiger partial charge >= 0.3 is 0 Å². The molecule has 0 aliphatic carbocycles. The normalized spacial score (nSPS) is 12.7. The topological polar surface area (TPSA) is 153 Å². The maximum Gasteiger partial charge on any atom is 0.234 e. The van der Waals surface area contributed by atoms with E-state index in [1.165, 1.54) is 0 Å². The van der Waals surface area contributed by atoms with Crippen LogP contribution >= 0.6 is 22.7 Å². The third-order valence-electron chi connectivity index (χ3n) is 5.21. The minimum atomic E-state index is 0.0792. The number of aromatic nitrogens is 2. The highest BCUT2D eigenvalue weighted by Gasteiger charge is 2.13. The zero-order valence-electron chi connectivity index (χ0n) is 20.4. The van der Waals surface area contributed by atoms with E-state index in [2.05, 4.69) is 30.7 Å². The number of aryl methyl sites for hydroxylation is 2. The molecule has 0 aliphatic heterocycles. The molecule has 2 aromatic heterocycles. The maximum atomic E-state index is 6.00. The van der Waals surface area contributed by atoms with Crippen molar-refractivity contribution in [2.75, 3.05) is 11.5 Å². The minimum absolute atomic E-state index is 0.0792. The molecular weight excluding hydrogens is 490 g/mol. The van der Waals surface area contributed by atoms with Crippen molar-refractivity contribution in [2.24, 2.45) is 21.0 Å². The van der Waals surface area contributed by atoms with E-state index in [-0.39, 0.29) is 5.96 Å². The molecule has 0 bridgehead atoms. The third-order valence-corrected chi connectivity index (χ3v) is 7.84. The number of thiazole rings is 2. The molecule has 2 aromatic carbocycles. The standard InChI is InChI=1S/C25H27N9S2/c1-13-21(35-23(29-13)17-5-9-19(26)10-6-17)15(3)31-33-25(28)34-32-16(4)22-14(2)30-24(36-22)18-7-11-20(27)12-8-18/h5-12H,26-27H2,1-4H3,(H3,28,33,34)/b31-15+,32-16+. The summed E-state index contributed by atoms with van der Waals surface area (Å²) >= 11 is 3.10. The second-order valence-corrected chi connectivity index (χ2v) is 10.1. The molecule has 0 saturated heterocycles. The Bertz CT molecular complexity index is 1460. The van der Waals surface area contributed by atoms with Gasteiger partial charge in [-0.3, -0.25) is 0 Å². The number of anilines is 2. The van der Waals surface area contributed by atoms with Gasteiger partial charge in [-0.25, -0.2) is 15.4 Å². The molecule has 11 heteroatoms. The second-order valence-electron chi connectivity index (χ2n) is 8.09. The van der Waals surface area contributed by atoms with Crippen LogP contribution in [-0.4, -0.2) is 27.4 Å². The molecule has 2 heterocycles. The molecule has 36 heavy (non-hydrogen) atoms. The molecular formula is C25H27N9S2. The zero-order chi connectivity index (χ0) is 25.8. The fourth-order valence-electron chi connectivity index (χ4n) is 3.35. The fourth-order valence-corrected chi connectivity index (χ4v) is 5.38. The van der Waals surface area contributed by atoms with Crippen LogP contribution in [0.5, 0.6) is 0 Å². The van der Waals surface area contributed by atoms with E-state index in [0.29, 0.717) is 11.4 Å². The zero-order valence-corrected chi connectivity index (χ0v) is 22.0. The SMILES string of the molecule is C/C(=N\N=C(N)N/N=C(\C)c1sc(-c2ccc(N)cc2)nc1C)c1sc(-c2ccc(N)cc2)nc1C. The van der Waals surface area contributed by atoms with Crippen LogP contribution in [0.3, 0.4) is 0 Å². The number of hydrogen-bond donors (Lipinski definition) is 4. The first kappa shape index (κ1) is 25.0. The van der Waals surface area contributed by atoms with Crippen molar-refractivity contribution >= 4 is 51.4 Å². The van der Waals surface area contributed by atoms with Crippen molar-refractivity contribution < 1.29 is 0 Å². The van der Waals surface area contributed by atoms with Gasteiger partial charge in [-0.2, -0.15) is 10.2 Å². The first-order valence-electron chi connectivity index (χ1n) is 11.1. The number of guanidine groups is 1. The first-order chi connectivity index (χ1) is 17.2. The van der Waals surface area contributed by atoms with Crippen LogP contribution in [0.4, 0.5) is 11.4 Å². The molecule has 4 aromatic rings. The lowest BCUT2D eigenvalue weighted by Gasteiger charge is -2.01. The lowest BCUT2D eigenvalue weighted by molar-refractivity contribution is 0.983. The number of nitrogens with one attached hydrogen (secondary N) is 1. The number of nitrogens with zero attached hydrogens (tertiary/aromatic N) is 5. The molecule has 0 amide bonds. The van der Waals surface area contributed by atoms with Gasteiger partial charge in [-0.05, 0) is 76.2 Å². The van der Waals surface area contributed by atoms with Gasteiger partial charge in [0.05, 0.1) is 32.6 Å². The second kappa shape index (κ2) is 10.7. The van der Waals surface area contributed by atoms with Gasteiger partial charge in [-0.15, -0.1) is 27.8 Å². The van der Waals surface area contributed by atoms with Crippen LogP contribution in [-0.2, 0) is 0 Å². The van der Waals surface area contributed by atoms with Gasteiger partial charge in [0, 0.05) is 22.5 Å². The number of nitrogen functional groups attached to an aromatic ring is 2. The number of hydrogen-bond acceptors (Lipinski definition) is 9. The van der Waals surface area contributed by atoms with Crippen LogP contribution in [0.2, 0.25) is 0 Å². The Morgan fingerprint density at radius 1 is 0.722 bits per heavy atom. The maximum absolute atomic E-state index is 6.00. The smallest absolute Gasteiger partial charge is 0.234 e. The molecule has 0 atom stereocenters. The molecule has 0 aliphatic rings. The van der Waals surface area contributed by atoms with Crippen LogP contribution < -0.4 is 22.6 Å². The fraction of sp³-hybridized carbons (Fsp3) is 0.160. The Kier molecular flexibility index (Phi) is 7.41. The molecule has 0 saturated carbocycles. The number of hydrazone groups is 1. The van der Waals surface area contributed by atoms with Crippen LogP contribution in [0.1, 0.15) is 35.0 Å². The van der Waals surface area contributed by atoms with Gasteiger partial charge in [0.1, 0.15) is 10.0 Å². The minimum Gasteiger partial charge on any atom is -0.399 e. The quantitative estimate of drug-likeness (QED) is 0.125. The Balaban J connectivity index is 1.46. The molecule has 0 radical (unpaired) electrons. The highest BCUT2D eigenvalue weighted by atomic mass is 32.1. The Hall–Kier alpha value is -4.09. The monoisotopic (exact) mass is 517 g/mol. The summed E-state index contributed by atoms with van der Waals surface area (Å²) in [5, 5.41) is 14.5. The van der Waals surface area contributed by atoms with Gasteiger partial charge in [-0.1, -0.05) is 0 Å². The van der Waals surface area contributed by atoms with E-state index < -0.39 is 0 Å². The van der Waals surface area contributed by atoms with E-state index >= 15 is 0 Å². The predicted octanol–water partition coefficient (Wildman–Crippen LogP) is 4.77. The van der Waals surface area contributed by atoms with Gasteiger partial charge in [0.15, 0.2) is 0 Å². The molecule has 0 spiro atoms. The summed E-state index contributed by atoms with van der Waals surface area (Å²) < 4.78 is 0. The van der Waals surface area contributed by atoms with Crippen molar-refractivity contribution in [3.63, 3.8) is 0 Å². The number of nitrogens with two attached hydrogens (primary N) is 3. The molecule has 9 nitrogen and oxygen atoms in total. The van der Waals surface area contributed by atoms with Gasteiger partial charge < -0.3 is 17.2 Å². The van der Waals surface area contributed by atoms with Crippen LogP contribution in [0, 0.1) is 13.8 Å². The van der Waals surface area contributed by atoms with Crippen molar-refractivity contribution in [2.45, 2.75) is 27.7 Å². The highest BCUT2D eigenvalue weighted by Crippen LogP contribution is 2.30. The molecule has 0 unspecified atom stereocenters. The summed E-state index contributed by atoms with van der Waals surface area (Å²) in [6.07, 6.45) is 0. The largest absolute Gasteiger partial charge is 0.399 e. The summed E-state index contributed by atoms with van der Waals surface area (Å²) in [6.45, 7) is 7.66. The lowest BCUT2D eigenvalue weighted by Crippen LogP contribution is -2.27. The van der Waals surface area contributed by atoms with E-state index in [9.17, 15) is 0 Å². The van der Waals surface area contributed by atoms with Crippen molar-refractivity contribution in [1.82, 2.24) is 15.4 Å². The summed E-state index contributed by atoms with van der Waals surface area (Å²) in [6, 6.07) is 15.3. The van der Waals surface area contributed by atoms with E-state index in [4.69, 9.17) is 17.2 Å². The van der Waals surface area contributed by atoms with Crippen LogP contribution in [0.15, 0.2) is 63.8 Å². The van der Waals surface area contributed by atoms with E-state index in [1.54, 1.807) is 22.7 Å². The van der Waals surface area contributed by atoms with Gasteiger partial charge in [0.25, 0.3) is 0 Å². The Labute approximate surface area is 217 Å². The summed E-state index contributed by atoms with van der Waals surface area (Å²) in [7, 11) is 0. The molecule has 184 valence electrons. The molecule has 4 rings (SSSR count). The predicted molar refractivity (Wildman–Crippen MR) is 153 cm³/mol. The van der Waals surface area contributed by atoms with Crippen molar-refractivity contribution in [3.8, 4) is 21.1 Å². The van der Waals surface area contributed by atoms with Gasteiger partial charge in [0.2, 0.25) is 5.96 Å².